The van der Waals surface area contributed by atoms with Crippen molar-refractivity contribution in [2.24, 2.45) is 0 Å². The van der Waals surface area contributed by atoms with Gasteiger partial charge in [0.15, 0.2) is 5.13 Å². The summed E-state index contributed by atoms with van der Waals surface area (Å²) in [6.07, 6.45) is 3.59. The molecule has 0 amide bonds. The Kier molecular flexibility index (Phi) is 4.45. The van der Waals surface area contributed by atoms with Crippen LogP contribution in [0.15, 0.2) is 42.7 Å². The summed E-state index contributed by atoms with van der Waals surface area (Å²) in [5.41, 5.74) is 7.78. The van der Waals surface area contributed by atoms with Gasteiger partial charge >= 0.3 is 0 Å². The molecule has 3 heterocycles. The highest BCUT2D eigenvalue weighted by molar-refractivity contribution is 7.18. The first-order chi connectivity index (χ1) is 12.3. The quantitative estimate of drug-likeness (QED) is 0.663. The maximum absolute atomic E-state index is 5.70. The van der Waals surface area contributed by atoms with Crippen molar-refractivity contribution < 1.29 is 0 Å². The molecule has 8 heteroatoms. The number of rotatable bonds is 4. The summed E-state index contributed by atoms with van der Waals surface area (Å²) in [7, 11) is 0. The number of thiazole rings is 1. The SMILES string of the molecule is Nc1ncc(-c2ccc(Nc3ccnc(N4CCNCC4)n3)cc2)s1. The summed E-state index contributed by atoms with van der Waals surface area (Å²) in [6, 6.07) is 10.0. The van der Waals surface area contributed by atoms with Crippen molar-refractivity contribution in [3.63, 3.8) is 0 Å². The Balaban J connectivity index is 1.48. The highest BCUT2D eigenvalue weighted by atomic mass is 32.1. The van der Waals surface area contributed by atoms with Crippen LogP contribution in [0, 0.1) is 0 Å². The van der Waals surface area contributed by atoms with Crippen LogP contribution in [0.5, 0.6) is 0 Å². The van der Waals surface area contributed by atoms with Crippen LogP contribution in [0.4, 0.5) is 22.6 Å². The number of nitrogen functional groups attached to an aromatic ring is 1. The summed E-state index contributed by atoms with van der Waals surface area (Å²) in [6.45, 7) is 3.78. The van der Waals surface area contributed by atoms with Crippen LogP contribution in [-0.4, -0.2) is 41.1 Å². The number of benzene rings is 1. The number of hydrogen-bond donors (Lipinski definition) is 3. The fourth-order valence-electron chi connectivity index (χ4n) is 2.72. The van der Waals surface area contributed by atoms with Crippen molar-refractivity contribution in [3.05, 3.63) is 42.7 Å². The van der Waals surface area contributed by atoms with Gasteiger partial charge in [-0.2, -0.15) is 4.98 Å². The molecule has 4 N–H and O–H groups in total. The maximum atomic E-state index is 5.70. The highest BCUT2D eigenvalue weighted by Gasteiger charge is 2.13. The Morgan fingerprint density at radius 3 is 2.60 bits per heavy atom. The van der Waals surface area contributed by atoms with E-state index in [1.807, 2.05) is 30.3 Å². The fraction of sp³-hybridized carbons (Fsp3) is 0.235. The van der Waals surface area contributed by atoms with Crippen molar-refractivity contribution in [1.29, 1.82) is 0 Å². The molecule has 4 rings (SSSR count). The second kappa shape index (κ2) is 7.04. The van der Waals surface area contributed by atoms with E-state index in [0.717, 1.165) is 54.1 Å². The van der Waals surface area contributed by atoms with Gasteiger partial charge in [-0.15, -0.1) is 0 Å². The molecule has 0 radical (unpaired) electrons. The van der Waals surface area contributed by atoms with Crippen LogP contribution in [0.1, 0.15) is 0 Å². The molecule has 0 bridgehead atoms. The molecule has 0 atom stereocenters. The van der Waals surface area contributed by atoms with Gasteiger partial charge in [0.2, 0.25) is 5.95 Å². The average Bonchev–Trinajstić information content (AvgIpc) is 3.10. The van der Waals surface area contributed by atoms with E-state index in [1.54, 1.807) is 12.4 Å². The summed E-state index contributed by atoms with van der Waals surface area (Å²) in [5, 5.41) is 7.25. The van der Waals surface area contributed by atoms with Gasteiger partial charge in [0, 0.05) is 44.3 Å². The fourth-order valence-corrected chi connectivity index (χ4v) is 3.41. The van der Waals surface area contributed by atoms with Crippen LogP contribution in [0.3, 0.4) is 0 Å². The largest absolute Gasteiger partial charge is 0.375 e. The van der Waals surface area contributed by atoms with Gasteiger partial charge in [0.05, 0.1) is 4.88 Å². The van der Waals surface area contributed by atoms with Crippen molar-refractivity contribution >= 4 is 33.9 Å². The lowest BCUT2D eigenvalue weighted by molar-refractivity contribution is 0.580. The van der Waals surface area contributed by atoms with Crippen molar-refractivity contribution in [1.82, 2.24) is 20.3 Å². The Labute approximate surface area is 149 Å². The lowest BCUT2D eigenvalue weighted by Crippen LogP contribution is -2.44. The number of aromatic nitrogens is 3. The molecule has 25 heavy (non-hydrogen) atoms. The highest BCUT2D eigenvalue weighted by Crippen LogP contribution is 2.28. The average molecular weight is 353 g/mol. The molecule has 128 valence electrons. The minimum absolute atomic E-state index is 0.582. The molecule has 1 aliphatic rings. The summed E-state index contributed by atoms with van der Waals surface area (Å²) in [4.78, 5) is 16.4. The minimum Gasteiger partial charge on any atom is -0.375 e. The predicted molar refractivity (Wildman–Crippen MR) is 102 cm³/mol. The van der Waals surface area contributed by atoms with E-state index in [4.69, 9.17) is 5.73 Å². The molecule has 0 aliphatic carbocycles. The zero-order valence-electron chi connectivity index (χ0n) is 13.6. The molecule has 7 nitrogen and oxygen atoms in total. The first kappa shape index (κ1) is 15.8. The van der Waals surface area contributed by atoms with Gasteiger partial charge in [-0.25, -0.2) is 9.97 Å². The summed E-state index contributed by atoms with van der Waals surface area (Å²) in [5.74, 6) is 1.56. The molecular formula is C17H19N7S. The summed E-state index contributed by atoms with van der Waals surface area (Å²) < 4.78 is 0. The third-order valence-electron chi connectivity index (χ3n) is 4.01. The van der Waals surface area contributed by atoms with E-state index in [1.165, 1.54) is 11.3 Å². The van der Waals surface area contributed by atoms with Crippen molar-refractivity contribution in [2.75, 3.05) is 42.1 Å². The first-order valence-corrected chi connectivity index (χ1v) is 8.97. The third-order valence-corrected chi connectivity index (χ3v) is 4.88. The Morgan fingerprint density at radius 2 is 1.88 bits per heavy atom. The molecule has 1 saturated heterocycles. The van der Waals surface area contributed by atoms with Gasteiger partial charge in [-0.1, -0.05) is 23.5 Å². The van der Waals surface area contributed by atoms with Gasteiger partial charge in [0.25, 0.3) is 0 Å². The molecule has 1 aliphatic heterocycles. The maximum Gasteiger partial charge on any atom is 0.227 e. The van der Waals surface area contributed by atoms with Crippen molar-refractivity contribution in [2.45, 2.75) is 0 Å². The lowest BCUT2D eigenvalue weighted by atomic mass is 10.2. The van der Waals surface area contributed by atoms with E-state index < -0.39 is 0 Å². The number of nitrogens with two attached hydrogens (primary N) is 1. The van der Waals surface area contributed by atoms with E-state index in [9.17, 15) is 0 Å². The number of piperazine rings is 1. The third kappa shape index (κ3) is 3.70. The minimum atomic E-state index is 0.582. The molecule has 1 fully saturated rings. The predicted octanol–water partition coefficient (Wildman–Crippen LogP) is 2.34. The van der Waals surface area contributed by atoms with Gasteiger partial charge in [-0.05, 0) is 23.8 Å². The number of anilines is 4. The second-order valence-electron chi connectivity index (χ2n) is 5.74. The first-order valence-electron chi connectivity index (χ1n) is 8.15. The molecule has 0 spiro atoms. The van der Waals surface area contributed by atoms with E-state index in [-0.39, 0.29) is 0 Å². The summed E-state index contributed by atoms with van der Waals surface area (Å²) >= 11 is 1.48. The van der Waals surface area contributed by atoms with E-state index in [0.29, 0.717) is 5.13 Å². The van der Waals surface area contributed by atoms with Crippen LogP contribution in [-0.2, 0) is 0 Å². The number of nitrogens with one attached hydrogen (secondary N) is 2. The zero-order chi connectivity index (χ0) is 17.1. The monoisotopic (exact) mass is 353 g/mol. The normalized spacial score (nSPS) is 14.5. The number of hydrogen-bond acceptors (Lipinski definition) is 8. The van der Waals surface area contributed by atoms with E-state index in [2.05, 4.69) is 30.5 Å². The number of nitrogens with zero attached hydrogens (tertiary/aromatic N) is 4. The Bertz CT molecular complexity index is 840. The van der Waals surface area contributed by atoms with Gasteiger partial charge in [-0.3, -0.25) is 0 Å². The van der Waals surface area contributed by atoms with Crippen LogP contribution in [0.2, 0.25) is 0 Å². The second-order valence-corrected chi connectivity index (χ2v) is 6.81. The molecular weight excluding hydrogens is 334 g/mol. The smallest absolute Gasteiger partial charge is 0.227 e. The molecule has 3 aromatic rings. The van der Waals surface area contributed by atoms with Crippen LogP contribution < -0.4 is 21.3 Å². The Hall–Kier alpha value is -2.71. The molecule has 0 saturated carbocycles. The Morgan fingerprint density at radius 1 is 1.08 bits per heavy atom. The van der Waals surface area contributed by atoms with Crippen LogP contribution in [0.25, 0.3) is 10.4 Å². The molecule has 1 aromatic carbocycles. The zero-order valence-corrected chi connectivity index (χ0v) is 14.5. The van der Waals surface area contributed by atoms with Crippen molar-refractivity contribution in [3.8, 4) is 10.4 Å². The molecule has 2 aromatic heterocycles. The van der Waals surface area contributed by atoms with E-state index >= 15 is 0 Å². The van der Waals surface area contributed by atoms with Gasteiger partial charge < -0.3 is 21.3 Å². The lowest BCUT2D eigenvalue weighted by Gasteiger charge is -2.27. The topological polar surface area (TPSA) is 92.0 Å². The standard InChI is InChI=1S/C17H19N7S/c18-16-21-11-14(25-16)12-1-3-13(4-2-12)22-15-5-6-20-17(23-15)24-9-7-19-8-10-24/h1-6,11,19H,7-10H2,(H2,18,21)(H,20,22,23). The molecule has 0 unspecified atom stereocenters. The van der Waals surface area contributed by atoms with Crippen LogP contribution >= 0.6 is 11.3 Å². The van der Waals surface area contributed by atoms with Gasteiger partial charge in [0.1, 0.15) is 5.82 Å².